The monoisotopic (exact) mass is 330 g/mol. The molecule has 0 amide bonds. The SMILES string of the molecule is CC(=O)c1c(O)c(O)c(O)c2c1C(=O)c1ccc(O)c(O)c1C2=O. The predicted octanol–water partition coefficient (Wildman–Crippen LogP) is 1.19. The second-order valence-corrected chi connectivity index (χ2v) is 5.24. The molecule has 8 heteroatoms. The second-order valence-electron chi connectivity index (χ2n) is 5.24. The van der Waals surface area contributed by atoms with Crippen LogP contribution in [0.4, 0.5) is 0 Å². The molecule has 0 aromatic heterocycles. The fourth-order valence-electron chi connectivity index (χ4n) is 2.76. The number of rotatable bonds is 1. The molecule has 0 fully saturated rings. The van der Waals surface area contributed by atoms with E-state index >= 15 is 0 Å². The summed E-state index contributed by atoms with van der Waals surface area (Å²) in [5.41, 5.74) is -2.79. The number of hydrogen-bond acceptors (Lipinski definition) is 8. The molecule has 0 spiro atoms. The molecule has 1 aliphatic rings. The quantitative estimate of drug-likeness (QED) is 0.329. The number of phenols is 5. The Morgan fingerprint density at radius 3 is 1.96 bits per heavy atom. The van der Waals surface area contributed by atoms with Gasteiger partial charge >= 0.3 is 0 Å². The zero-order valence-corrected chi connectivity index (χ0v) is 12.1. The van der Waals surface area contributed by atoms with Gasteiger partial charge in [-0.1, -0.05) is 0 Å². The molecule has 0 saturated heterocycles. The van der Waals surface area contributed by atoms with Gasteiger partial charge in [0.25, 0.3) is 0 Å². The maximum atomic E-state index is 12.7. The standard InChI is InChI=1S/C16H10O8/c1-4(17)7-9-10(15(23)16(24)14(7)22)13(21)8-5(11(9)19)2-3-6(18)12(8)20/h2-3,18,20,22-24H,1H3. The smallest absolute Gasteiger partial charge is 0.202 e. The topological polar surface area (TPSA) is 152 Å². The molecule has 0 bridgehead atoms. The van der Waals surface area contributed by atoms with Crippen LogP contribution in [0.5, 0.6) is 28.7 Å². The van der Waals surface area contributed by atoms with Crippen LogP contribution >= 0.6 is 0 Å². The van der Waals surface area contributed by atoms with Crippen LogP contribution in [0.3, 0.4) is 0 Å². The number of fused-ring (bicyclic) bond motifs is 2. The molecule has 8 nitrogen and oxygen atoms in total. The van der Waals surface area contributed by atoms with E-state index in [1.807, 2.05) is 0 Å². The Hall–Kier alpha value is -3.55. The number of ketones is 3. The van der Waals surface area contributed by atoms with Gasteiger partial charge in [0, 0.05) is 5.56 Å². The summed E-state index contributed by atoms with van der Waals surface area (Å²) >= 11 is 0. The van der Waals surface area contributed by atoms with E-state index in [9.17, 15) is 39.9 Å². The minimum atomic E-state index is -1.14. The summed E-state index contributed by atoms with van der Waals surface area (Å²) < 4.78 is 0. The van der Waals surface area contributed by atoms with E-state index in [4.69, 9.17) is 0 Å². The van der Waals surface area contributed by atoms with E-state index in [1.54, 1.807) is 0 Å². The third-order valence-electron chi connectivity index (χ3n) is 3.86. The predicted molar refractivity (Wildman–Crippen MR) is 78.1 cm³/mol. The summed E-state index contributed by atoms with van der Waals surface area (Å²) in [6, 6.07) is 2.05. The lowest BCUT2D eigenvalue weighted by atomic mass is 9.79. The zero-order valence-electron chi connectivity index (χ0n) is 12.1. The number of carbonyl (C=O) groups is 3. The van der Waals surface area contributed by atoms with Gasteiger partial charge in [0.2, 0.25) is 11.5 Å². The Labute approximate surface area is 133 Å². The molecule has 0 heterocycles. The van der Waals surface area contributed by atoms with Crippen molar-refractivity contribution in [2.45, 2.75) is 6.92 Å². The van der Waals surface area contributed by atoms with Crippen molar-refractivity contribution in [1.82, 2.24) is 0 Å². The number of benzene rings is 2. The van der Waals surface area contributed by atoms with Crippen molar-refractivity contribution in [2.24, 2.45) is 0 Å². The highest BCUT2D eigenvalue weighted by atomic mass is 16.3. The van der Waals surface area contributed by atoms with Crippen LogP contribution < -0.4 is 0 Å². The van der Waals surface area contributed by atoms with Gasteiger partial charge in [-0.25, -0.2) is 0 Å². The van der Waals surface area contributed by atoms with Gasteiger partial charge in [-0.3, -0.25) is 14.4 Å². The Kier molecular flexibility index (Phi) is 3.02. The first-order chi connectivity index (χ1) is 11.2. The highest BCUT2D eigenvalue weighted by molar-refractivity contribution is 6.33. The van der Waals surface area contributed by atoms with Crippen LogP contribution in [0.1, 0.15) is 49.1 Å². The lowest BCUT2D eigenvalue weighted by Gasteiger charge is -2.22. The minimum absolute atomic E-state index is 0.310. The highest BCUT2D eigenvalue weighted by Gasteiger charge is 2.40. The minimum Gasteiger partial charge on any atom is -0.504 e. The first kappa shape index (κ1) is 15.3. The zero-order chi connectivity index (χ0) is 17.9. The molecule has 0 aliphatic heterocycles. The van der Waals surface area contributed by atoms with Crippen molar-refractivity contribution in [3.63, 3.8) is 0 Å². The van der Waals surface area contributed by atoms with Crippen molar-refractivity contribution >= 4 is 17.3 Å². The molecule has 2 aromatic carbocycles. The van der Waals surface area contributed by atoms with Gasteiger partial charge in [-0.05, 0) is 19.1 Å². The third-order valence-corrected chi connectivity index (χ3v) is 3.86. The van der Waals surface area contributed by atoms with Crippen LogP contribution in [0.15, 0.2) is 12.1 Å². The maximum absolute atomic E-state index is 12.7. The summed E-state index contributed by atoms with van der Waals surface area (Å²) in [6.07, 6.45) is 0. The average Bonchev–Trinajstić information content (AvgIpc) is 2.52. The normalized spacial score (nSPS) is 12.7. The fraction of sp³-hybridized carbons (Fsp3) is 0.0625. The van der Waals surface area contributed by atoms with Gasteiger partial charge in [0.15, 0.2) is 34.6 Å². The van der Waals surface area contributed by atoms with Crippen molar-refractivity contribution in [3.05, 3.63) is 39.9 Å². The molecule has 24 heavy (non-hydrogen) atoms. The third kappa shape index (κ3) is 1.70. The number of phenolic OH excluding ortho intramolecular Hbond substituents is 5. The first-order valence-corrected chi connectivity index (χ1v) is 6.64. The van der Waals surface area contributed by atoms with E-state index in [0.717, 1.165) is 19.1 Å². The molecule has 122 valence electrons. The van der Waals surface area contributed by atoms with Crippen LogP contribution in [0, 0.1) is 0 Å². The van der Waals surface area contributed by atoms with Crippen molar-refractivity contribution in [2.75, 3.05) is 0 Å². The summed E-state index contributed by atoms with van der Waals surface area (Å²) in [7, 11) is 0. The second kappa shape index (κ2) is 4.72. The fourth-order valence-corrected chi connectivity index (χ4v) is 2.76. The number of aromatic hydroxyl groups is 5. The Balaban J connectivity index is 2.51. The Morgan fingerprint density at radius 1 is 0.750 bits per heavy atom. The van der Waals surface area contributed by atoms with Crippen LogP contribution in [0.2, 0.25) is 0 Å². The molecule has 0 radical (unpaired) electrons. The molecular formula is C16H10O8. The number of carbonyl (C=O) groups excluding carboxylic acids is 3. The lowest BCUT2D eigenvalue weighted by molar-refractivity contribution is 0.0960. The van der Waals surface area contributed by atoms with Crippen molar-refractivity contribution in [3.8, 4) is 28.7 Å². The summed E-state index contributed by atoms with van der Waals surface area (Å²) in [4.78, 5) is 37.0. The van der Waals surface area contributed by atoms with Crippen LogP contribution in [-0.4, -0.2) is 42.9 Å². The average molecular weight is 330 g/mol. The lowest BCUT2D eigenvalue weighted by Crippen LogP contribution is -2.24. The number of Topliss-reactive ketones (excluding diaryl/α,β-unsaturated/α-hetero) is 1. The van der Waals surface area contributed by atoms with Crippen molar-refractivity contribution < 1.29 is 39.9 Å². The van der Waals surface area contributed by atoms with Gasteiger partial charge in [-0.15, -0.1) is 0 Å². The van der Waals surface area contributed by atoms with E-state index < -0.39 is 68.4 Å². The largest absolute Gasteiger partial charge is 0.504 e. The van der Waals surface area contributed by atoms with E-state index in [1.165, 1.54) is 0 Å². The maximum Gasteiger partial charge on any atom is 0.202 e. The molecule has 0 atom stereocenters. The molecule has 1 aliphatic carbocycles. The Bertz CT molecular complexity index is 971. The molecule has 0 unspecified atom stereocenters. The van der Waals surface area contributed by atoms with E-state index in [0.29, 0.717) is 0 Å². The number of hydrogen-bond donors (Lipinski definition) is 5. The molecule has 0 saturated carbocycles. The van der Waals surface area contributed by atoms with Crippen LogP contribution in [0.25, 0.3) is 0 Å². The molecule has 2 aromatic rings. The summed E-state index contributed by atoms with van der Waals surface area (Å²) in [5.74, 6) is -7.60. The van der Waals surface area contributed by atoms with Crippen LogP contribution in [-0.2, 0) is 0 Å². The van der Waals surface area contributed by atoms with Gasteiger partial charge in [0.1, 0.15) is 0 Å². The molecule has 5 N–H and O–H groups in total. The van der Waals surface area contributed by atoms with Gasteiger partial charge < -0.3 is 25.5 Å². The van der Waals surface area contributed by atoms with E-state index in [-0.39, 0.29) is 5.56 Å². The van der Waals surface area contributed by atoms with Crippen molar-refractivity contribution in [1.29, 1.82) is 0 Å². The van der Waals surface area contributed by atoms with Gasteiger partial charge in [-0.2, -0.15) is 0 Å². The first-order valence-electron chi connectivity index (χ1n) is 6.64. The van der Waals surface area contributed by atoms with E-state index in [2.05, 4.69) is 0 Å². The summed E-state index contributed by atoms with van der Waals surface area (Å²) in [6.45, 7) is 1.01. The highest BCUT2D eigenvalue weighted by Crippen LogP contribution is 2.48. The molecule has 3 rings (SSSR count). The Morgan fingerprint density at radius 2 is 1.38 bits per heavy atom. The molecular weight excluding hydrogens is 320 g/mol. The van der Waals surface area contributed by atoms with Gasteiger partial charge in [0.05, 0.1) is 22.3 Å². The summed E-state index contributed by atoms with van der Waals surface area (Å²) in [5, 5.41) is 49.0.